The number of rotatable bonds is 6. The molecule has 33 heavy (non-hydrogen) atoms. The van der Waals surface area contributed by atoms with E-state index in [1.807, 2.05) is 20.8 Å². The molecule has 0 spiro atoms. The molecule has 176 valence electrons. The monoisotopic (exact) mass is 472 g/mol. The van der Waals surface area contributed by atoms with Crippen LogP contribution in [-0.2, 0) is 21.9 Å². The second-order valence-corrected chi connectivity index (χ2v) is 10.3. The number of nitrogens with one attached hydrogen (secondary N) is 2. The third kappa shape index (κ3) is 5.04. The highest BCUT2D eigenvalue weighted by Gasteiger charge is 2.24. The van der Waals surface area contributed by atoms with Gasteiger partial charge in [0.15, 0.2) is 5.65 Å². The molecule has 11 heteroatoms. The van der Waals surface area contributed by atoms with Crippen LogP contribution >= 0.6 is 0 Å². The summed E-state index contributed by atoms with van der Waals surface area (Å²) in [6.45, 7) is 7.09. The van der Waals surface area contributed by atoms with Gasteiger partial charge in [0.1, 0.15) is 0 Å². The number of carbonyl (C=O) groups is 2. The lowest BCUT2D eigenvalue weighted by atomic mass is 10.0. The summed E-state index contributed by atoms with van der Waals surface area (Å²) in [7, 11) is -0.795. The average Bonchev–Trinajstić information content (AvgIpc) is 3.05. The maximum atomic E-state index is 12.9. The van der Waals surface area contributed by atoms with Gasteiger partial charge in [0.25, 0.3) is 11.8 Å². The predicted molar refractivity (Wildman–Crippen MR) is 124 cm³/mol. The molecule has 0 aliphatic carbocycles. The summed E-state index contributed by atoms with van der Waals surface area (Å²) in [5.41, 5.74) is 7.83. The van der Waals surface area contributed by atoms with E-state index in [1.165, 1.54) is 19.2 Å². The number of hydrogen-bond donors (Lipinski definition) is 2. The fourth-order valence-electron chi connectivity index (χ4n) is 3.35. The van der Waals surface area contributed by atoms with Gasteiger partial charge in [0.2, 0.25) is 10.0 Å². The Morgan fingerprint density at radius 2 is 1.76 bits per heavy atom. The summed E-state index contributed by atoms with van der Waals surface area (Å²) in [5.74, 6) is -1.15. The maximum absolute atomic E-state index is 12.9. The van der Waals surface area contributed by atoms with Crippen LogP contribution in [0.2, 0.25) is 0 Å². The second kappa shape index (κ2) is 9.28. The molecule has 0 bridgehead atoms. The molecule has 0 atom stereocenters. The Balaban J connectivity index is 1.74. The molecule has 0 unspecified atom stereocenters. The van der Waals surface area contributed by atoms with Crippen molar-refractivity contribution in [3.8, 4) is 0 Å². The Morgan fingerprint density at radius 1 is 1.12 bits per heavy atom. The Kier molecular flexibility index (Phi) is 6.84. The number of hydrogen-bond acceptors (Lipinski definition) is 6. The third-order valence-corrected chi connectivity index (χ3v) is 7.05. The van der Waals surface area contributed by atoms with Crippen LogP contribution < -0.4 is 10.9 Å². The van der Waals surface area contributed by atoms with Crippen molar-refractivity contribution in [3.63, 3.8) is 0 Å². The zero-order chi connectivity index (χ0) is 24.5. The highest BCUT2D eigenvalue weighted by molar-refractivity contribution is 7.89. The van der Waals surface area contributed by atoms with Gasteiger partial charge in [-0.25, -0.2) is 13.4 Å². The Labute approximate surface area is 193 Å². The van der Waals surface area contributed by atoms with E-state index in [-0.39, 0.29) is 10.8 Å². The summed E-state index contributed by atoms with van der Waals surface area (Å²) >= 11 is 0. The number of amides is 2. The van der Waals surface area contributed by atoms with Crippen molar-refractivity contribution in [3.05, 3.63) is 52.8 Å². The highest BCUT2D eigenvalue weighted by atomic mass is 32.2. The average molecular weight is 473 g/mol. The molecule has 2 amide bonds. The van der Waals surface area contributed by atoms with Gasteiger partial charge in [0.05, 0.1) is 28.1 Å². The van der Waals surface area contributed by atoms with Gasteiger partial charge < -0.3 is 0 Å². The van der Waals surface area contributed by atoms with Crippen molar-refractivity contribution in [2.24, 2.45) is 7.05 Å². The molecule has 0 fully saturated rings. The first-order chi connectivity index (χ1) is 15.4. The topological polar surface area (TPSA) is 126 Å². The molecule has 2 heterocycles. The van der Waals surface area contributed by atoms with Crippen LogP contribution in [0.4, 0.5) is 0 Å². The number of hydrazine groups is 1. The van der Waals surface area contributed by atoms with Crippen LogP contribution in [-0.4, -0.2) is 52.9 Å². The van der Waals surface area contributed by atoms with Crippen molar-refractivity contribution in [2.45, 2.75) is 38.5 Å². The number of nitrogens with zero attached hydrogens (tertiary/aromatic N) is 4. The van der Waals surface area contributed by atoms with Gasteiger partial charge in [-0.2, -0.15) is 9.40 Å². The number of sulfonamides is 1. The molecular weight excluding hydrogens is 444 g/mol. The summed E-state index contributed by atoms with van der Waals surface area (Å²) in [4.78, 5) is 30.0. The van der Waals surface area contributed by atoms with E-state index >= 15 is 0 Å². The van der Waals surface area contributed by atoms with Gasteiger partial charge in [-0.3, -0.25) is 25.1 Å². The number of aryl methyl sites for hydroxylation is 3. The first kappa shape index (κ1) is 24.3. The van der Waals surface area contributed by atoms with E-state index in [0.29, 0.717) is 28.0 Å². The van der Waals surface area contributed by atoms with Gasteiger partial charge in [0, 0.05) is 19.8 Å². The zero-order valence-corrected chi connectivity index (χ0v) is 20.3. The van der Waals surface area contributed by atoms with Crippen molar-refractivity contribution in [1.82, 2.24) is 29.9 Å². The highest BCUT2D eigenvalue weighted by Crippen LogP contribution is 2.24. The van der Waals surface area contributed by atoms with Crippen molar-refractivity contribution >= 4 is 32.9 Å². The number of benzene rings is 1. The minimum atomic E-state index is -3.85. The standard InChI is InChI=1S/C22H28N6O4S/c1-13(2)18-11-17(20-15(4)26-28(6)21(20)23-18)22(30)25-24-19(29)12-27(5)33(31,32)16-9-7-14(3)8-10-16/h7-11,13H,12H2,1-6H3,(H,24,29)(H,25,30). The molecule has 0 aliphatic rings. The fourth-order valence-corrected chi connectivity index (χ4v) is 4.48. The third-order valence-electron chi connectivity index (χ3n) is 5.24. The molecule has 2 aromatic heterocycles. The van der Waals surface area contributed by atoms with Crippen LogP contribution in [0, 0.1) is 13.8 Å². The minimum Gasteiger partial charge on any atom is -0.272 e. The number of likely N-dealkylation sites (N-methyl/N-ethyl adjacent to an activating group) is 1. The van der Waals surface area contributed by atoms with E-state index in [0.717, 1.165) is 9.87 Å². The van der Waals surface area contributed by atoms with Gasteiger partial charge in [-0.1, -0.05) is 31.5 Å². The lowest BCUT2D eigenvalue weighted by Crippen LogP contribution is -2.46. The SMILES string of the molecule is Cc1ccc(S(=O)(=O)N(C)CC(=O)NNC(=O)c2cc(C(C)C)nc3c2c(C)nn3C)cc1. The summed E-state index contributed by atoms with van der Waals surface area (Å²) in [6, 6.07) is 8.01. The molecule has 10 nitrogen and oxygen atoms in total. The van der Waals surface area contributed by atoms with Gasteiger partial charge in [-0.05, 0) is 38.0 Å². The normalized spacial score (nSPS) is 11.9. The smallest absolute Gasteiger partial charge is 0.270 e. The van der Waals surface area contributed by atoms with E-state index in [4.69, 9.17) is 0 Å². The lowest BCUT2D eigenvalue weighted by Gasteiger charge is -2.17. The van der Waals surface area contributed by atoms with Crippen LogP contribution in [0.5, 0.6) is 0 Å². The quantitative estimate of drug-likeness (QED) is 0.527. The fraction of sp³-hybridized carbons (Fsp3) is 0.364. The number of pyridine rings is 1. The first-order valence-electron chi connectivity index (χ1n) is 10.4. The zero-order valence-electron chi connectivity index (χ0n) is 19.5. The van der Waals surface area contributed by atoms with Crippen LogP contribution in [0.3, 0.4) is 0 Å². The second-order valence-electron chi connectivity index (χ2n) is 8.23. The Bertz CT molecular complexity index is 1310. The molecule has 3 rings (SSSR count). The van der Waals surface area contributed by atoms with Crippen molar-refractivity contribution in [2.75, 3.05) is 13.6 Å². The van der Waals surface area contributed by atoms with Crippen molar-refractivity contribution in [1.29, 1.82) is 0 Å². The molecule has 1 aromatic carbocycles. The number of carbonyl (C=O) groups excluding carboxylic acids is 2. The van der Waals surface area contributed by atoms with E-state index in [1.54, 1.807) is 36.9 Å². The number of fused-ring (bicyclic) bond motifs is 1. The van der Waals surface area contributed by atoms with Gasteiger partial charge in [-0.15, -0.1) is 0 Å². The van der Waals surface area contributed by atoms with E-state index in [2.05, 4.69) is 20.9 Å². The molecule has 0 saturated heterocycles. The molecule has 2 N–H and O–H groups in total. The Hall–Kier alpha value is -3.31. The number of aromatic nitrogens is 3. The van der Waals surface area contributed by atoms with Crippen molar-refractivity contribution < 1.29 is 18.0 Å². The molecule has 0 saturated carbocycles. The summed E-state index contributed by atoms with van der Waals surface area (Å²) < 4.78 is 27.9. The molecular formula is C22H28N6O4S. The maximum Gasteiger partial charge on any atom is 0.270 e. The van der Waals surface area contributed by atoms with Crippen LogP contribution in [0.1, 0.15) is 47.1 Å². The van der Waals surface area contributed by atoms with Crippen LogP contribution in [0.15, 0.2) is 35.2 Å². The molecule has 0 aliphatic heterocycles. The predicted octanol–water partition coefficient (Wildman–Crippen LogP) is 1.79. The van der Waals surface area contributed by atoms with E-state index < -0.39 is 28.4 Å². The van der Waals surface area contributed by atoms with Gasteiger partial charge >= 0.3 is 0 Å². The first-order valence-corrected chi connectivity index (χ1v) is 11.8. The minimum absolute atomic E-state index is 0.0753. The summed E-state index contributed by atoms with van der Waals surface area (Å²) in [6.07, 6.45) is 0. The summed E-state index contributed by atoms with van der Waals surface area (Å²) in [5, 5.41) is 4.93. The van der Waals surface area contributed by atoms with Crippen LogP contribution in [0.25, 0.3) is 11.0 Å². The van der Waals surface area contributed by atoms with E-state index in [9.17, 15) is 18.0 Å². The lowest BCUT2D eigenvalue weighted by molar-refractivity contribution is -0.121. The molecule has 3 aromatic rings. The Morgan fingerprint density at radius 3 is 2.36 bits per heavy atom. The largest absolute Gasteiger partial charge is 0.272 e. The molecule has 0 radical (unpaired) electrons.